The molecule has 5 N–H and O–H groups in total. The quantitative estimate of drug-likeness (QED) is 0.657. The average molecular weight is 207 g/mol. The lowest BCUT2D eigenvalue weighted by Gasteiger charge is -2.08. The van der Waals surface area contributed by atoms with Crippen molar-refractivity contribution in [1.29, 1.82) is 0 Å². The highest BCUT2D eigenvalue weighted by Crippen LogP contribution is 2.14. The van der Waals surface area contributed by atoms with Crippen molar-refractivity contribution in [2.45, 2.75) is 13.0 Å². The van der Waals surface area contributed by atoms with Gasteiger partial charge in [-0.1, -0.05) is 12.1 Å². The van der Waals surface area contributed by atoms with E-state index in [0.29, 0.717) is 11.3 Å². The summed E-state index contributed by atoms with van der Waals surface area (Å²) in [6.45, 7) is 1.42. The highest BCUT2D eigenvalue weighted by Gasteiger charge is 2.11. The molecule has 0 aliphatic rings. The highest BCUT2D eigenvalue weighted by molar-refractivity contribution is 5.88. The Kier molecular flexibility index (Phi) is 3.41. The zero-order chi connectivity index (χ0) is 11.4. The summed E-state index contributed by atoms with van der Waals surface area (Å²) in [5.41, 5.74) is 11.9. The van der Waals surface area contributed by atoms with E-state index in [1.807, 2.05) is 0 Å². The molecule has 2 amide bonds. The zero-order valence-electron chi connectivity index (χ0n) is 8.36. The zero-order valence-corrected chi connectivity index (χ0v) is 8.36. The van der Waals surface area contributed by atoms with Crippen molar-refractivity contribution in [3.8, 4) is 0 Å². The van der Waals surface area contributed by atoms with Crippen LogP contribution in [0.25, 0.3) is 0 Å². The third kappa shape index (κ3) is 3.07. The predicted molar refractivity (Wildman–Crippen MR) is 56.9 cm³/mol. The molecular formula is C10H13N3O2. The fraction of sp³-hybridized carbons (Fsp3) is 0.200. The van der Waals surface area contributed by atoms with Crippen LogP contribution < -0.4 is 16.8 Å². The van der Waals surface area contributed by atoms with Crippen molar-refractivity contribution in [2.24, 2.45) is 11.5 Å². The molecule has 0 bridgehead atoms. The normalized spacial score (nSPS) is 11.9. The van der Waals surface area contributed by atoms with Crippen molar-refractivity contribution < 1.29 is 9.59 Å². The van der Waals surface area contributed by atoms with Gasteiger partial charge in [0.1, 0.15) is 6.04 Å². The van der Waals surface area contributed by atoms with Gasteiger partial charge in [-0.15, -0.1) is 0 Å². The van der Waals surface area contributed by atoms with E-state index in [4.69, 9.17) is 11.5 Å². The lowest BCUT2D eigenvalue weighted by molar-refractivity contribution is -0.119. The smallest absolute Gasteiger partial charge is 0.238 e. The van der Waals surface area contributed by atoms with Crippen LogP contribution in [0.2, 0.25) is 0 Å². The number of benzene rings is 1. The molecule has 0 aromatic heterocycles. The molecule has 0 radical (unpaired) electrons. The predicted octanol–water partition coefficient (Wildman–Crippen LogP) is 0.130. The van der Waals surface area contributed by atoms with E-state index in [1.54, 1.807) is 24.3 Å². The van der Waals surface area contributed by atoms with Gasteiger partial charge >= 0.3 is 0 Å². The minimum absolute atomic E-state index is 0.151. The molecule has 0 saturated carbocycles. The minimum Gasteiger partial charge on any atom is -0.368 e. The van der Waals surface area contributed by atoms with Crippen LogP contribution >= 0.6 is 0 Å². The minimum atomic E-state index is -0.809. The Balaban J connectivity index is 2.80. The van der Waals surface area contributed by atoms with Crippen LogP contribution in [0.1, 0.15) is 18.5 Å². The van der Waals surface area contributed by atoms with Crippen molar-refractivity contribution in [3.05, 3.63) is 29.8 Å². The summed E-state index contributed by atoms with van der Waals surface area (Å²) >= 11 is 0. The lowest BCUT2D eigenvalue weighted by atomic mass is 10.1. The first kappa shape index (κ1) is 11.2. The van der Waals surface area contributed by atoms with Gasteiger partial charge in [0.25, 0.3) is 0 Å². The Morgan fingerprint density at radius 2 is 1.80 bits per heavy atom. The van der Waals surface area contributed by atoms with Crippen LogP contribution in [-0.4, -0.2) is 11.8 Å². The van der Waals surface area contributed by atoms with Gasteiger partial charge in [-0.2, -0.15) is 0 Å². The van der Waals surface area contributed by atoms with Crippen LogP contribution in [0.5, 0.6) is 0 Å². The van der Waals surface area contributed by atoms with E-state index in [-0.39, 0.29) is 5.91 Å². The largest absolute Gasteiger partial charge is 0.368 e. The summed E-state index contributed by atoms with van der Waals surface area (Å²) in [6, 6.07) is 5.83. The van der Waals surface area contributed by atoms with Gasteiger partial charge < -0.3 is 16.8 Å². The van der Waals surface area contributed by atoms with Crippen LogP contribution in [-0.2, 0) is 9.59 Å². The number of anilines is 1. The first-order valence-corrected chi connectivity index (χ1v) is 4.43. The van der Waals surface area contributed by atoms with Crippen molar-refractivity contribution in [2.75, 3.05) is 5.32 Å². The fourth-order valence-electron chi connectivity index (χ4n) is 1.14. The number of hydrogen-bond acceptors (Lipinski definition) is 3. The van der Waals surface area contributed by atoms with Crippen molar-refractivity contribution >= 4 is 17.5 Å². The average Bonchev–Trinajstić information content (AvgIpc) is 2.17. The third-order valence-electron chi connectivity index (χ3n) is 1.90. The number of amides is 2. The van der Waals surface area contributed by atoms with Crippen LogP contribution in [0.3, 0.4) is 0 Å². The van der Waals surface area contributed by atoms with Crippen LogP contribution in [0.15, 0.2) is 24.3 Å². The molecular weight excluding hydrogens is 194 g/mol. The van der Waals surface area contributed by atoms with Gasteiger partial charge in [0, 0.05) is 12.6 Å². The van der Waals surface area contributed by atoms with Gasteiger partial charge in [0.05, 0.1) is 0 Å². The molecule has 0 heterocycles. The molecule has 1 atom stereocenters. The summed E-state index contributed by atoms with van der Waals surface area (Å²) in [5, 5.41) is 2.60. The summed E-state index contributed by atoms with van der Waals surface area (Å²) < 4.78 is 0. The number of carbonyl (C=O) groups is 2. The molecule has 1 rings (SSSR count). The molecule has 80 valence electrons. The van der Waals surface area contributed by atoms with Gasteiger partial charge in [-0.25, -0.2) is 0 Å². The number of primary amides is 1. The maximum Gasteiger partial charge on any atom is 0.238 e. The monoisotopic (exact) mass is 207 g/mol. The van der Waals surface area contributed by atoms with Crippen molar-refractivity contribution in [1.82, 2.24) is 0 Å². The number of nitrogens with two attached hydrogens (primary N) is 2. The van der Waals surface area contributed by atoms with Gasteiger partial charge in [0.2, 0.25) is 11.8 Å². The second kappa shape index (κ2) is 4.56. The molecule has 0 spiro atoms. The molecule has 15 heavy (non-hydrogen) atoms. The molecule has 1 aromatic rings. The topological polar surface area (TPSA) is 98.2 Å². The highest BCUT2D eigenvalue weighted by atomic mass is 16.1. The number of nitrogens with one attached hydrogen (secondary N) is 1. The maximum absolute atomic E-state index is 10.8. The molecule has 1 aromatic carbocycles. The Bertz CT molecular complexity index is 373. The Labute approximate surface area is 87.4 Å². The van der Waals surface area contributed by atoms with Crippen molar-refractivity contribution in [3.63, 3.8) is 0 Å². The second-order valence-corrected chi connectivity index (χ2v) is 3.18. The standard InChI is InChI=1S/C10H13N3O2/c1-6(14)13-8-4-2-7(3-5-8)9(11)10(12)15/h2-5,9H,11H2,1H3,(H2,12,15)(H,13,14)/t9-/m1/s1. The third-order valence-corrected chi connectivity index (χ3v) is 1.90. The lowest BCUT2D eigenvalue weighted by Crippen LogP contribution is -2.28. The summed E-state index contributed by atoms with van der Waals surface area (Å²) in [4.78, 5) is 21.5. The maximum atomic E-state index is 10.8. The van der Waals surface area contributed by atoms with E-state index in [2.05, 4.69) is 5.32 Å². The van der Waals surface area contributed by atoms with E-state index >= 15 is 0 Å². The van der Waals surface area contributed by atoms with E-state index in [0.717, 1.165) is 0 Å². The van der Waals surface area contributed by atoms with Crippen LogP contribution in [0.4, 0.5) is 5.69 Å². The molecule has 0 saturated heterocycles. The summed E-state index contributed by atoms with van der Waals surface area (Å²) in [7, 11) is 0. The number of rotatable bonds is 3. The van der Waals surface area contributed by atoms with E-state index < -0.39 is 11.9 Å². The van der Waals surface area contributed by atoms with E-state index in [9.17, 15) is 9.59 Å². The molecule has 0 unspecified atom stereocenters. The van der Waals surface area contributed by atoms with Gasteiger partial charge in [-0.3, -0.25) is 9.59 Å². The number of carbonyl (C=O) groups excluding carboxylic acids is 2. The van der Waals surface area contributed by atoms with Crippen LogP contribution in [0, 0.1) is 0 Å². The second-order valence-electron chi connectivity index (χ2n) is 3.18. The molecule has 5 nitrogen and oxygen atoms in total. The molecule has 0 aliphatic carbocycles. The SMILES string of the molecule is CC(=O)Nc1ccc([C@@H](N)C(N)=O)cc1. The van der Waals surface area contributed by atoms with Gasteiger partial charge in [0.15, 0.2) is 0 Å². The summed E-state index contributed by atoms with van der Waals surface area (Å²) in [5.74, 6) is -0.732. The Morgan fingerprint density at radius 1 is 1.27 bits per heavy atom. The summed E-state index contributed by atoms with van der Waals surface area (Å²) in [6.07, 6.45) is 0. The molecule has 5 heteroatoms. The number of hydrogen-bond donors (Lipinski definition) is 3. The van der Waals surface area contributed by atoms with E-state index in [1.165, 1.54) is 6.92 Å². The molecule has 0 aliphatic heterocycles. The van der Waals surface area contributed by atoms with Gasteiger partial charge in [-0.05, 0) is 17.7 Å². The first-order chi connectivity index (χ1) is 7.00. The molecule has 0 fully saturated rings. The Morgan fingerprint density at radius 3 is 2.20 bits per heavy atom. The first-order valence-electron chi connectivity index (χ1n) is 4.43. The Hall–Kier alpha value is -1.88. The fourth-order valence-corrected chi connectivity index (χ4v) is 1.14.